The van der Waals surface area contributed by atoms with E-state index < -0.39 is 0 Å². The van der Waals surface area contributed by atoms with Crippen molar-refractivity contribution in [1.82, 2.24) is 5.32 Å². The van der Waals surface area contributed by atoms with E-state index in [9.17, 15) is 4.79 Å². The van der Waals surface area contributed by atoms with Gasteiger partial charge in [-0.15, -0.1) is 0 Å². The molecule has 1 heterocycles. The molecule has 0 unspecified atom stereocenters. The number of amides is 1. The highest BCUT2D eigenvalue weighted by atomic mass is 16.5. The maximum atomic E-state index is 12.8. The zero-order valence-corrected chi connectivity index (χ0v) is 21.8. The molecule has 0 saturated heterocycles. The van der Waals surface area contributed by atoms with Gasteiger partial charge in [0.2, 0.25) is 5.91 Å². The number of rotatable bonds is 8. The van der Waals surface area contributed by atoms with Gasteiger partial charge < -0.3 is 19.2 Å². The lowest BCUT2D eigenvalue weighted by Crippen LogP contribution is -2.24. The summed E-state index contributed by atoms with van der Waals surface area (Å²) in [5, 5.41) is 3.99. The van der Waals surface area contributed by atoms with E-state index in [2.05, 4.69) is 43.4 Å². The van der Waals surface area contributed by atoms with E-state index in [-0.39, 0.29) is 5.91 Å². The number of carbonyl (C=O) groups is 1. The van der Waals surface area contributed by atoms with E-state index in [1.165, 1.54) is 11.1 Å². The second-order valence-corrected chi connectivity index (χ2v) is 9.11. The van der Waals surface area contributed by atoms with Crippen LogP contribution in [0, 0.1) is 20.8 Å². The quantitative estimate of drug-likeness (QED) is 0.280. The smallest absolute Gasteiger partial charge is 0.244 e. The van der Waals surface area contributed by atoms with Gasteiger partial charge in [-0.25, -0.2) is 0 Å². The summed E-state index contributed by atoms with van der Waals surface area (Å²) in [7, 11) is 3.30. The Labute approximate surface area is 212 Å². The third-order valence-electron chi connectivity index (χ3n) is 6.58. The van der Waals surface area contributed by atoms with Crippen molar-refractivity contribution in [3.05, 3.63) is 88.7 Å². The van der Waals surface area contributed by atoms with Gasteiger partial charge in [-0.2, -0.15) is 0 Å². The molecule has 0 bridgehead atoms. The number of benzene rings is 3. The zero-order valence-electron chi connectivity index (χ0n) is 21.8. The molecule has 3 aromatic carbocycles. The van der Waals surface area contributed by atoms with E-state index in [1.807, 2.05) is 44.4 Å². The fourth-order valence-electron chi connectivity index (χ4n) is 4.75. The summed E-state index contributed by atoms with van der Waals surface area (Å²) in [6.07, 6.45) is 4.12. The summed E-state index contributed by atoms with van der Waals surface area (Å²) in [6.45, 7) is 8.63. The average Bonchev–Trinajstić information content (AvgIpc) is 3.28. The Morgan fingerprint density at radius 3 is 2.50 bits per heavy atom. The second kappa shape index (κ2) is 10.7. The number of hydrogen-bond acceptors (Lipinski definition) is 4. The Morgan fingerprint density at radius 1 is 1.00 bits per heavy atom. The van der Waals surface area contributed by atoms with Crippen molar-refractivity contribution < 1.29 is 18.7 Å². The van der Waals surface area contributed by atoms with Crippen LogP contribution in [0.2, 0.25) is 0 Å². The van der Waals surface area contributed by atoms with Gasteiger partial charge in [0, 0.05) is 34.7 Å². The fraction of sp³-hybridized carbons (Fsp3) is 0.258. The van der Waals surface area contributed by atoms with Gasteiger partial charge in [0.1, 0.15) is 17.1 Å². The SMILES string of the molecule is COc1ccccc1CCNC(=O)/C=C(\C)c1cc2c(-c3ccc(C)cc3C)coc2c(C)c1OC. The van der Waals surface area contributed by atoms with E-state index in [0.29, 0.717) is 18.7 Å². The van der Waals surface area contributed by atoms with Crippen molar-refractivity contribution in [1.29, 1.82) is 0 Å². The van der Waals surface area contributed by atoms with Crippen LogP contribution in [-0.4, -0.2) is 26.7 Å². The Kier molecular flexibility index (Phi) is 7.49. The van der Waals surface area contributed by atoms with Gasteiger partial charge in [-0.05, 0) is 68.5 Å². The topological polar surface area (TPSA) is 60.7 Å². The first-order valence-corrected chi connectivity index (χ1v) is 12.1. The lowest BCUT2D eigenvalue weighted by molar-refractivity contribution is -0.116. The molecule has 0 fully saturated rings. The molecule has 1 aromatic heterocycles. The van der Waals surface area contributed by atoms with Crippen LogP contribution < -0.4 is 14.8 Å². The molecule has 5 nitrogen and oxygen atoms in total. The maximum Gasteiger partial charge on any atom is 0.244 e. The van der Waals surface area contributed by atoms with Crippen LogP contribution in [0.5, 0.6) is 11.5 Å². The molecule has 4 aromatic rings. The van der Waals surface area contributed by atoms with Gasteiger partial charge in [0.15, 0.2) is 0 Å². The van der Waals surface area contributed by atoms with Crippen molar-refractivity contribution >= 4 is 22.4 Å². The van der Waals surface area contributed by atoms with Crippen LogP contribution in [0.4, 0.5) is 0 Å². The minimum atomic E-state index is -0.149. The van der Waals surface area contributed by atoms with E-state index in [4.69, 9.17) is 13.9 Å². The van der Waals surface area contributed by atoms with E-state index in [0.717, 1.165) is 50.1 Å². The number of ether oxygens (including phenoxy) is 2. The van der Waals surface area contributed by atoms with Crippen molar-refractivity contribution in [2.45, 2.75) is 34.1 Å². The minimum absolute atomic E-state index is 0.149. The highest BCUT2D eigenvalue weighted by molar-refractivity contribution is 6.02. The van der Waals surface area contributed by atoms with Crippen LogP contribution in [0.3, 0.4) is 0 Å². The number of allylic oxidation sites excluding steroid dienone is 1. The lowest BCUT2D eigenvalue weighted by atomic mass is 9.94. The van der Waals surface area contributed by atoms with E-state index >= 15 is 0 Å². The second-order valence-electron chi connectivity index (χ2n) is 9.11. The molecular formula is C31H33NO4. The van der Waals surface area contributed by atoms with Gasteiger partial charge in [0.05, 0.1) is 20.5 Å². The van der Waals surface area contributed by atoms with Crippen LogP contribution >= 0.6 is 0 Å². The van der Waals surface area contributed by atoms with Crippen LogP contribution in [0.1, 0.15) is 34.7 Å². The monoisotopic (exact) mass is 483 g/mol. The number of methoxy groups -OCH3 is 2. The van der Waals surface area contributed by atoms with Crippen LogP contribution in [-0.2, 0) is 11.2 Å². The first-order chi connectivity index (χ1) is 17.3. The molecule has 0 aliphatic carbocycles. The van der Waals surface area contributed by atoms with E-state index in [1.54, 1.807) is 20.3 Å². The highest BCUT2D eigenvalue weighted by Gasteiger charge is 2.19. The van der Waals surface area contributed by atoms with Crippen molar-refractivity contribution in [2.24, 2.45) is 0 Å². The maximum absolute atomic E-state index is 12.8. The number of furan rings is 1. The predicted octanol–water partition coefficient (Wildman–Crippen LogP) is 6.80. The number of para-hydroxylation sites is 1. The average molecular weight is 484 g/mol. The number of carbonyl (C=O) groups excluding carboxylic acids is 1. The van der Waals surface area contributed by atoms with Gasteiger partial charge in [-0.3, -0.25) is 4.79 Å². The van der Waals surface area contributed by atoms with Crippen LogP contribution in [0.25, 0.3) is 27.7 Å². The third kappa shape index (κ3) is 5.01. The zero-order chi connectivity index (χ0) is 25.8. The molecule has 0 saturated carbocycles. The molecule has 0 atom stereocenters. The Morgan fingerprint density at radius 2 is 1.78 bits per heavy atom. The fourth-order valence-corrected chi connectivity index (χ4v) is 4.75. The molecule has 5 heteroatoms. The molecule has 0 aliphatic heterocycles. The Hall–Kier alpha value is -3.99. The van der Waals surface area contributed by atoms with Crippen molar-refractivity contribution in [3.8, 4) is 22.6 Å². The lowest BCUT2D eigenvalue weighted by Gasteiger charge is -2.14. The molecule has 0 aliphatic rings. The molecule has 1 N–H and O–H groups in total. The number of aryl methyl sites for hydroxylation is 3. The standard InChI is InChI=1S/C31H33NO4/c1-19-11-12-24(20(2)15-19)27-18-36-31-22(4)30(35-6)25(17-26(27)31)21(3)16-29(33)32-14-13-23-9-7-8-10-28(23)34-5/h7-12,15-18H,13-14H2,1-6H3,(H,32,33)/b21-16+. The third-order valence-corrected chi connectivity index (χ3v) is 6.58. The summed E-state index contributed by atoms with van der Waals surface area (Å²) < 4.78 is 17.2. The largest absolute Gasteiger partial charge is 0.496 e. The minimum Gasteiger partial charge on any atom is -0.496 e. The molecular weight excluding hydrogens is 450 g/mol. The molecule has 4 rings (SSSR count). The summed E-state index contributed by atoms with van der Waals surface area (Å²) in [5.74, 6) is 1.38. The Bertz CT molecular complexity index is 1440. The normalized spacial score (nSPS) is 11.6. The van der Waals surface area contributed by atoms with Gasteiger partial charge in [-0.1, -0.05) is 42.0 Å². The van der Waals surface area contributed by atoms with Gasteiger partial charge in [0.25, 0.3) is 0 Å². The highest BCUT2D eigenvalue weighted by Crippen LogP contribution is 2.41. The Balaban J connectivity index is 1.63. The number of nitrogens with one attached hydrogen (secondary N) is 1. The summed E-state index contributed by atoms with van der Waals surface area (Å²) in [6, 6.07) is 16.3. The molecule has 186 valence electrons. The predicted molar refractivity (Wildman–Crippen MR) is 146 cm³/mol. The number of hydrogen-bond donors (Lipinski definition) is 1. The van der Waals surface area contributed by atoms with Gasteiger partial charge >= 0.3 is 0 Å². The van der Waals surface area contributed by atoms with Crippen LogP contribution in [0.15, 0.2) is 65.3 Å². The van der Waals surface area contributed by atoms with Crippen molar-refractivity contribution in [3.63, 3.8) is 0 Å². The van der Waals surface area contributed by atoms with Crippen molar-refractivity contribution in [2.75, 3.05) is 20.8 Å². The molecule has 0 radical (unpaired) electrons. The first-order valence-electron chi connectivity index (χ1n) is 12.1. The first kappa shape index (κ1) is 25.1. The molecule has 36 heavy (non-hydrogen) atoms. The molecule has 1 amide bonds. The molecule has 0 spiro atoms. The summed E-state index contributed by atoms with van der Waals surface area (Å²) >= 11 is 0. The number of fused-ring (bicyclic) bond motifs is 1. The summed E-state index contributed by atoms with van der Waals surface area (Å²) in [4.78, 5) is 12.8. The summed E-state index contributed by atoms with van der Waals surface area (Å²) in [5.41, 5.74) is 9.02.